The Kier molecular flexibility index (Phi) is 8.23. The van der Waals surface area contributed by atoms with Crippen LogP contribution in [-0.2, 0) is 6.54 Å². The van der Waals surface area contributed by atoms with Gasteiger partial charge in [0.15, 0.2) is 0 Å². The van der Waals surface area contributed by atoms with Crippen molar-refractivity contribution in [2.75, 3.05) is 13.2 Å². The summed E-state index contributed by atoms with van der Waals surface area (Å²) in [4.78, 5) is 4.33. The maximum Gasteiger partial charge on any atom is 0.122 e. The Morgan fingerprint density at radius 3 is 2.84 bits per heavy atom. The first-order valence-electron chi connectivity index (χ1n) is 7.58. The van der Waals surface area contributed by atoms with Crippen LogP contribution in [0.4, 0.5) is 0 Å². The highest BCUT2D eigenvalue weighted by atomic mass is 16.5. The lowest BCUT2D eigenvalue weighted by atomic mass is 10.0. The van der Waals surface area contributed by atoms with Crippen molar-refractivity contribution in [2.24, 2.45) is 5.92 Å². The highest BCUT2D eigenvalue weighted by molar-refractivity contribution is 5.22. The lowest BCUT2D eigenvalue weighted by molar-refractivity contribution is 0.233. The van der Waals surface area contributed by atoms with E-state index in [4.69, 9.17) is 4.74 Å². The van der Waals surface area contributed by atoms with E-state index in [1.165, 1.54) is 25.7 Å². The predicted molar refractivity (Wildman–Crippen MR) is 80.4 cm³/mol. The standard InChI is InChI=1S/C16H28N2O/c1-4-7-8-14(5-2)13-19-16-9-10-18-15(11-16)12-17-6-3/h9-11,14,17H,4-8,12-13H2,1-3H3. The molecule has 0 radical (unpaired) electrons. The smallest absolute Gasteiger partial charge is 0.122 e. The van der Waals surface area contributed by atoms with E-state index in [2.05, 4.69) is 31.1 Å². The zero-order valence-corrected chi connectivity index (χ0v) is 12.6. The van der Waals surface area contributed by atoms with Gasteiger partial charge in [-0.15, -0.1) is 0 Å². The molecule has 0 spiro atoms. The Labute approximate surface area is 117 Å². The van der Waals surface area contributed by atoms with E-state index >= 15 is 0 Å². The topological polar surface area (TPSA) is 34.1 Å². The zero-order chi connectivity index (χ0) is 13.9. The third-order valence-electron chi connectivity index (χ3n) is 3.37. The second kappa shape index (κ2) is 9.79. The Morgan fingerprint density at radius 2 is 2.16 bits per heavy atom. The number of hydrogen-bond donors (Lipinski definition) is 1. The largest absolute Gasteiger partial charge is 0.493 e. The van der Waals surface area contributed by atoms with Gasteiger partial charge in [-0.1, -0.05) is 40.0 Å². The summed E-state index contributed by atoms with van der Waals surface area (Å²) in [6, 6.07) is 3.98. The number of nitrogens with one attached hydrogen (secondary N) is 1. The molecule has 0 bridgehead atoms. The van der Waals surface area contributed by atoms with Crippen LogP contribution in [0.2, 0.25) is 0 Å². The molecule has 3 nitrogen and oxygen atoms in total. The van der Waals surface area contributed by atoms with Crippen molar-refractivity contribution in [1.29, 1.82) is 0 Å². The molecule has 19 heavy (non-hydrogen) atoms. The fourth-order valence-electron chi connectivity index (χ4n) is 2.01. The first-order chi connectivity index (χ1) is 9.30. The molecule has 0 fully saturated rings. The Balaban J connectivity index is 2.42. The summed E-state index contributed by atoms with van der Waals surface area (Å²) in [5.74, 6) is 1.61. The predicted octanol–water partition coefficient (Wildman–Crippen LogP) is 3.79. The Morgan fingerprint density at radius 1 is 1.32 bits per heavy atom. The van der Waals surface area contributed by atoms with Crippen LogP contribution >= 0.6 is 0 Å². The molecule has 1 atom stereocenters. The first-order valence-corrected chi connectivity index (χ1v) is 7.58. The molecule has 1 heterocycles. The first kappa shape index (κ1) is 16.0. The molecule has 0 aromatic carbocycles. The third-order valence-corrected chi connectivity index (χ3v) is 3.37. The van der Waals surface area contributed by atoms with Gasteiger partial charge in [-0.05, 0) is 24.9 Å². The molecule has 0 aliphatic heterocycles. The summed E-state index contributed by atoms with van der Waals surface area (Å²) in [6.07, 6.45) is 6.84. The van der Waals surface area contributed by atoms with E-state index in [1.807, 2.05) is 18.3 Å². The lowest BCUT2D eigenvalue weighted by Crippen LogP contribution is -2.14. The lowest BCUT2D eigenvalue weighted by Gasteiger charge is -2.15. The molecule has 1 rings (SSSR count). The highest BCUT2D eigenvalue weighted by Gasteiger charge is 2.07. The van der Waals surface area contributed by atoms with Gasteiger partial charge in [0.05, 0.1) is 12.3 Å². The molecule has 1 aromatic rings. The summed E-state index contributed by atoms with van der Waals surface area (Å²) < 4.78 is 5.91. The molecule has 0 saturated carbocycles. The van der Waals surface area contributed by atoms with Gasteiger partial charge in [0, 0.05) is 18.8 Å². The average Bonchev–Trinajstić information content (AvgIpc) is 2.46. The van der Waals surface area contributed by atoms with Crippen LogP contribution in [0.5, 0.6) is 5.75 Å². The minimum atomic E-state index is 0.672. The number of pyridine rings is 1. The normalized spacial score (nSPS) is 12.4. The molecule has 3 heteroatoms. The SMILES string of the molecule is CCCCC(CC)COc1ccnc(CNCC)c1. The molecule has 1 aromatic heterocycles. The van der Waals surface area contributed by atoms with E-state index in [1.54, 1.807) is 0 Å². The number of hydrogen-bond acceptors (Lipinski definition) is 3. The van der Waals surface area contributed by atoms with Crippen LogP contribution < -0.4 is 10.1 Å². The number of unbranched alkanes of at least 4 members (excludes halogenated alkanes) is 1. The molecule has 1 N–H and O–H groups in total. The summed E-state index contributed by atoms with van der Waals surface area (Å²) in [5, 5.41) is 3.28. The number of rotatable bonds is 10. The van der Waals surface area contributed by atoms with E-state index in [9.17, 15) is 0 Å². The number of aromatic nitrogens is 1. The molecule has 0 amide bonds. The maximum atomic E-state index is 5.91. The molecule has 108 valence electrons. The molecular weight excluding hydrogens is 236 g/mol. The average molecular weight is 264 g/mol. The zero-order valence-electron chi connectivity index (χ0n) is 12.6. The van der Waals surface area contributed by atoms with Gasteiger partial charge < -0.3 is 10.1 Å². The summed E-state index contributed by atoms with van der Waals surface area (Å²) in [5.41, 5.74) is 1.04. The van der Waals surface area contributed by atoms with Gasteiger partial charge in [-0.2, -0.15) is 0 Å². The van der Waals surface area contributed by atoms with Crippen molar-refractivity contribution < 1.29 is 4.74 Å². The van der Waals surface area contributed by atoms with Gasteiger partial charge in [0.25, 0.3) is 0 Å². The third kappa shape index (κ3) is 6.58. The Bertz CT molecular complexity index is 341. The van der Waals surface area contributed by atoms with Crippen LogP contribution in [0.1, 0.15) is 52.1 Å². The van der Waals surface area contributed by atoms with E-state index < -0.39 is 0 Å². The van der Waals surface area contributed by atoms with Crippen molar-refractivity contribution in [3.8, 4) is 5.75 Å². The molecule has 1 unspecified atom stereocenters. The Hall–Kier alpha value is -1.09. The monoisotopic (exact) mass is 264 g/mol. The summed E-state index contributed by atoms with van der Waals surface area (Å²) in [7, 11) is 0. The fraction of sp³-hybridized carbons (Fsp3) is 0.688. The number of nitrogens with zero attached hydrogens (tertiary/aromatic N) is 1. The molecule has 0 aliphatic rings. The highest BCUT2D eigenvalue weighted by Crippen LogP contribution is 2.17. The van der Waals surface area contributed by atoms with Crippen LogP contribution in [0.25, 0.3) is 0 Å². The van der Waals surface area contributed by atoms with Crippen LogP contribution in [0.3, 0.4) is 0 Å². The van der Waals surface area contributed by atoms with E-state index in [0.29, 0.717) is 5.92 Å². The van der Waals surface area contributed by atoms with Crippen molar-refractivity contribution in [1.82, 2.24) is 10.3 Å². The molecule has 0 aliphatic carbocycles. The second-order valence-corrected chi connectivity index (χ2v) is 4.99. The quantitative estimate of drug-likeness (QED) is 0.698. The number of ether oxygens (including phenoxy) is 1. The van der Waals surface area contributed by atoms with Crippen molar-refractivity contribution >= 4 is 0 Å². The van der Waals surface area contributed by atoms with E-state index in [-0.39, 0.29) is 0 Å². The van der Waals surface area contributed by atoms with Gasteiger partial charge >= 0.3 is 0 Å². The van der Waals surface area contributed by atoms with Gasteiger partial charge in [0.1, 0.15) is 5.75 Å². The van der Waals surface area contributed by atoms with Crippen LogP contribution in [0.15, 0.2) is 18.3 Å². The van der Waals surface area contributed by atoms with Gasteiger partial charge in [0.2, 0.25) is 0 Å². The summed E-state index contributed by atoms with van der Waals surface area (Å²) >= 11 is 0. The minimum absolute atomic E-state index is 0.672. The van der Waals surface area contributed by atoms with Crippen molar-refractivity contribution in [2.45, 2.75) is 53.0 Å². The van der Waals surface area contributed by atoms with E-state index in [0.717, 1.165) is 31.1 Å². The fourth-order valence-corrected chi connectivity index (χ4v) is 2.01. The molecule has 0 saturated heterocycles. The van der Waals surface area contributed by atoms with Crippen molar-refractivity contribution in [3.63, 3.8) is 0 Å². The van der Waals surface area contributed by atoms with Gasteiger partial charge in [-0.3, -0.25) is 4.98 Å². The molecular formula is C16H28N2O. The summed E-state index contributed by atoms with van der Waals surface area (Å²) in [6.45, 7) is 9.17. The van der Waals surface area contributed by atoms with Crippen LogP contribution in [-0.4, -0.2) is 18.1 Å². The second-order valence-electron chi connectivity index (χ2n) is 4.99. The maximum absolute atomic E-state index is 5.91. The van der Waals surface area contributed by atoms with Crippen LogP contribution in [0, 0.1) is 5.92 Å². The van der Waals surface area contributed by atoms with Crippen molar-refractivity contribution in [3.05, 3.63) is 24.0 Å². The minimum Gasteiger partial charge on any atom is -0.493 e. The van der Waals surface area contributed by atoms with Gasteiger partial charge in [-0.25, -0.2) is 0 Å².